The summed E-state index contributed by atoms with van der Waals surface area (Å²) in [5.41, 5.74) is 0.659. The van der Waals surface area contributed by atoms with Crippen LogP contribution in [0, 0.1) is 5.41 Å². The van der Waals surface area contributed by atoms with Crippen molar-refractivity contribution in [3.8, 4) is 5.75 Å². The first-order valence-electron chi connectivity index (χ1n) is 4.09. The topological polar surface area (TPSA) is 46.0 Å². The highest BCUT2D eigenvalue weighted by atomic mass is 19.4. The Hall–Kier alpha value is -1.59. The van der Waals surface area contributed by atoms with Crippen LogP contribution in [0.2, 0.25) is 0 Å². The van der Waals surface area contributed by atoms with E-state index in [9.17, 15) is 13.2 Å². The fourth-order valence-corrected chi connectivity index (χ4v) is 0.853. The Balaban J connectivity index is 2.61. The second kappa shape index (κ2) is 4.29. The van der Waals surface area contributed by atoms with Gasteiger partial charge in [-0.25, -0.2) is 0 Å². The Morgan fingerprint density at radius 1 is 1.47 bits per heavy atom. The summed E-state index contributed by atoms with van der Waals surface area (Å²) in [5.74, 6) is 0.0392. The molecule has 82 valence electrons. The van der Waals surface area contributed by atoms with Gasteiger partial charge in [0.15, 0.2) is 6.61 Å². The molecule has 1 rings (SSSR count). The fourth-order valence-electron chi connectivity index (χ4n) is 0.853. The first kappa shape index (κ1) is 11.5. The Morgan fingerprint density at radius 3 is 2.53 bits per heavy atom. The number of nitrogens with zero attached hydrogens (tertiary/aromatic N) is 1. The molecule has 0 aliphatic heterocycles. The summed E-state index contributed by atoms with van der Waals surface area (Å²) < 4.78 is 39.8. The van der Waals surface area contributed by atoms with E-state index in [1.165, 1.54) is 18.3 Å². The van der Waals surface area contributed by atoms with Gasteiger partial charge >= 0.3 is 6.18 Å². The Morgan fingerprint density at radius 2 is 2.13 bits per heavy atom. The van der Waals surface area contributed by atoms with Crippen molar-refractivity contribution in [2.24, 2.45) is 0 Å². The van der Waals surface area contributed by atoms with Gasteiger partial charge in [0.05, 0.1) is 17.6 Å². The third-order valence-electron chi connectivity index (χ3n) is 1.52. The Bertz CT molecular complexity index is 345. The molecule has 0 amide bonds. The molecule has 0 aliphatic carbocycles. The van der Waals surface area contributed by atoms with Crippen LogP contribution in [0.5, 0.6) is 5.75 Å². The summed E-state index contributed by atoms with van der Waals surface area (Å²) >= 11 is 0. The van der Waals surface area contributed by atoms with Gasteiger partial charge in [0, 0.05) is 0 Å². The normalized spacial score (nSPS) is 11.2. The molecule has 0 atom stereocenters. The minimum atomic E-state index is -4.35. The second-order valence-electron chi connectivity index (χ2n) is 2.91. The molecule has 0 spiro atoms. The van der Waals surface area contributed by atoms with Crippen molar-refractivity contribution in [3.05, 3.63) is 24.0 Å². The van der Waals surface area contributed by atoms with Crippen LogP contribution in [0.4, 0.5) is 13.2 Å². The van der Waals surface area contributed by atoms with Crippen molar-refractivity contribution < 1.29 is 17.9 Å². The van der Waals surface area contributed by atoms with E-state index in [-0.39, 0.29) is 11.5 Å². The minimum absolute atomic E-state index is 0.0392. The number of alkyl halides is 3. The van der Waals surface area contributed by atoms with E-state index in [0.29, 0.717) is 5.69 Å². The van der Waals surface area contributed by atoms with Crippen LogP contribution in [0.1, 0.15) is 12.6 Å². The van der Waals surface area contributed by atoms with E-state index >= 15 is 0 Å². The number of hydrogen-bond donors (Lipinski definition) is 1. The van der Waals surface area contributed by atoms with Crippen molar-refractivity contribution in [2.45, 2.75) is 13.1 Å². The van der Waals surface area contributed by atoms with Gasteiger partial charge in [0.1, 0.15) is 5.75 Å². The van der Waals surface area contributed by atoms with Gasteiger partial charge in [0.2, 0.25) is 0 Å². The maximum atomic E-state index is 11.8. The largest absolute Gasteiger partial charge is 0.483 e. The van der Waals surface area contributed by atoms with Crippen LogP contribution in [-0.2, 0) is 0 Å². The zero-order chi connectivity index (χ0) is 11.5. The smallest absolute Gasteiger partial charge is 0.422 e. The van der Waals surface area contributed by atoms with Gasteiger partial charge in [-0.2, -0.15) is 13.2 Å². The first-order chi connectivity index (χ1) is 6.88. The molecule has 15 heavy (non-hydrogen) atoms. The summed E-state index contributed by atoms with van der Waals surface area (Å²) in [6, 6.07) is 2.79. The van der Waals surface area contributed by atoms with Crippen LogP contribution in [0.3, 0.4) is 0 Å². The summed E-state index contributed by atoms with van der Waals surface area (Å²) in [6.45, 7) is 0.205. The predicted molar refractivity (Wildman–Crippen MR) is 48.3 cm³/mol. The predicted octanol–water partition coefficient (Wildman–Crippen LogP) is 2.41. The number of aromatic nitrogens is 1. The van der Waals surface area contributed by atoms with Crippen molar-refractivity contribution in [2.75, 3.05) is 6.61 Å². The Labute approximate surface area is 84.4 Å². The average molecular weight is 218 g/mol. The molecule has 0 bridgehead atoms. The molecule has 1 N–H and O–H groups in total. The lowest BCUT2D eigenvalue weighted by atomic mass is 10.2. The summed E-state index contributed by atoms with van der Waals surface area (Å²) in [5, 5.41) is 7.22. The Kier molecular flexibility index (Phi) is 3.28. The van der Waals surface area contributed by atoms with E-state index < -0.39 is 12.8 Å². The lowest BCUT2D eigenvalue weighted by Gasteiger charge is -2.08. The van der Waals surface area contributed by atoms with Crippen molar-refractivity contribution in [1.29, 1.82) is 5.41 Å². The molecular formula is C9H9F3N2O. The summed E-state index contributed by atoms with van der Waals surface area (Å²) in [7, 11) is 0. The molecule has 3 nitrogen and oxygen atoms in total. The number of pyridine rings is 1. The quantitative estimate of drug-likeness (QED) is 0.792. The van der Waals surface area contributed by atoms with Gasteiger partial charge in [-0.3, -0.25) is 4.98 Å². The molecule has 0 saturated heterocycles. The third kappa shape index (κ3) is 3.97. The van der Waals surface area contributed by atoms with Crippen molar-refractivity contribution >= 4 is 5.71 Å². The molecule has 0 fully saturated rings. The molecule has 6 heteroatoms. The maximum Gasteiger partial charge on any atom is 0.422 e. The number of nitrogens with one attached hydrogen (secondary N) is 1. The maximum absolute atomic E-state index is 11.8. The molecule has 0 aromatic carbocycles. The van der Waals surface area contributed by atoms with E-state index in [1.54, 1.807) is 6.92 Å². The van der Waals surface area contributed by atoms with Crippen LogP contribution in [0.25, 0.3) is 0 Å². The highest BCUT2D eigenvalue weighted by Gasteiger charge is 2.28. The van der Waals surface area contributed by atoms with E-state index in [1.807, 2.05) is 0 Å². The monoisotopic (exact) mass is 218 g/mol. The van der Waals surface area contributed by atoms with Gasteiger partial charge in [-0.05, 0) is 19.1 Å². The number of ether oxygens (including phenoxy) is 1. The van der Waals surface area contributed by atoms with Crippen LogP contribution < -0.4 is 4.74 Å². The summed E-state index contributed by atoms with van der Waals surface area (Å²) in [6.07, 6.45) is -3.19. The standard InChI is InChI=1S/C9H9F3N2O/c1-6(13)8-3-2-7(4-14-8)15-5-9(10,11)12/h2-4,13H,5H2,1H3. The van der Waals surface area contributed by atoms with Gasteiger partial charge in [0.25, 0.3) is 0 Å². The number of hydrogen-bond acceptors (Lipinski definition) is 3. The van der Waals surface area contributed by atoms with E-state index in [4.69, 9.17) is 5.41 Å². The molecule has 1 heterocycles. The molecule has 0 radical (unpaired) electrons. The lowest BCUT2D eigenvalue weighted by molar-refractivity contribution is -0.153. The molecule has 0 saturated carbocycles. The lowest BCUT2D eigenvalue weighted by Crippen LogP contribution is -2.19. The van der Waals surface area contributed by atoms with E-state index in [2.05, 4.69) is 9.72 Å². The highest BCUT2D eigenvalue weighted by molar-refractivity contribution is 5.94. The van der Waals surface area contributed by atoms with Crippen LogP contribution >= 0.6 is 0 Å². The van der Waals surface area contributed by atoms with Crippen LogP contribution in [0.15, 0.2) is 18.3 Å². The van der Waals surface area contributed by atoms with Gasteiger partial charge in [-0.15, -0.1) is 0 Å². The highest BCUT2D eigenvalue weighted by Crippen LogP contribution is 2.17. The molecular weight excluding hydrogens is 209 g/mol. The summed E-state index contributed by atoms with van der Waals surface area (Å²) in [4.78, 5) is 3.76. The van der Waals surface area contributed by atoms with Gasteiger partial charge < -0.3 is 10.1 Å². The van der Waals surface area contributed by atoms with E-state index in [0.717, 1.165) is 0 Å². The molecule has 0 unspecified atom stereocenters. The minimum Gasteiger partial charge on any atom is -0.483 e. The molecule has 0 aliphatic rings. The first-order valence-corrected chi connectivity index (χ1v) is 4.09. The number of rotatable bonds is 3. The second-order valence-corrected chi connectivity index (χ2v) is 2.91. The third-order valence-corrected chi connectivity index (χ3v) is 1.52. The SMILES string of the molecule is CC(=N)c1ccc(OCC(F)(F)F)cn1. The molecule has 1 aromatic heterocycles. The van der Waals surface area contributed by atoms with Crippen LogP contribution in [-0.4, -0.2) is 23.5 Å². The fraction of sp³-hybridized carbons (Fsp3) is 0.333. The van der Waals surface area contributed by atoms with Gasteiger partial charge in [-0.1, -0.05) is 0 Å². The average Bonchev–Trinajstić information content (AvgIpc) is 2.14. The zero-order valence-electron chi connectivity index (χ0n) is 7.93. The zero-order valence-corrected chi connectivity index (χ0v) is 7.93. The number of halogens is 3. The van der Waals surface area contributed by atoms with Crippen molar-refractivity contribution in [1.82, 2.24) is 4.98 Å². The van der Waals surface area contributed by atoms with Crippen molar-refractivity contribution in [3.63, 3.8) is 0 Å². The molecule has 1 aromatic rings.